The maximum Gasteiger partial charge on any atom is 0.249 e. The van der Waals surface area contributed by atoms with Crippen LogP contribution in [0.1, 0.15) is 35.0 Å². The Kier molecular flexibility index (Phi) is 4.94. The van der Waals surface area contributed by atoms with E-state index in [4.69, 9.17) is 4.52 Å². The summed E-state index contributed by atoms with van der Waals surface area (Å²) in [4.78, 5) is 16.9. The molecule has 10 heteroatoms. The maximum absolute atomic E-state index is 13.0. The van der Waals surface area contributed by atoms with Crippen molar-refractivity contribution in [2.24, 2.45) is 0 Å². The molecule has 0 saturated carbocycles. The lowest BCUT2D eigenvalue weighted by Crippen LogP contribution is -2.45. The molecule has 25 heavy (non-hydrogen) atoms. The van der Waals surface area contributed by atoms with Crippen molar-refractivity contribution in [3.05, 3.63) is 27.5 Å². The molecule has 3 heterocycles. The third kappa shape index (κ3) is 3.46. The van der Waals surface area contributed by atoms with Crippen molar-refractivity contribution in [1.82, 2.24) is 19.8 Å². The van der Waals surface area contributed by atoms with Crippen LogP contribution in [0.3, 0.4) is 0 Å². The highest BCUT2D eigenvalue weighted by Crippen LogP contribution is 2.29. The molecule has 8 nitrogen and oxygen atoms in total. The predicted octanol–water partition coefficient (Wildman–Crippen LogP) is 1.53. The largest absolute Gasteiger partial charge is 0.360 e. The summed E-state index contributed by atoms with van der Waals surface area (Å²) in [6, 6.07) is -0.722. The second-order valence-corrected chi connectivity index (χ2v) is 8.80. The van der Waals surface area contributed by atoms with Crippen LogP contribution in [0.25, 0.3) is 0 Å². The molecule has 0 unspecified atom stereocenters. The van der Waals surface area contributed by atoms with E-state index in [-0.39, 0.29) is 16.6 Å². The van der Waals surface area contributed by atoms with E-state index in [0.717, 1.165) is 10.7 Å². The fourth-order valence-corrected chi connectivity index (χ4v) is 5.68. The van der Waals surface area contributed by atoms with Gasteiger partial charge < -0.3 is 9.84 Å². The van der Waals surface area contributed by atoms with Crippen LogP contribution < -0.4 is 5.32 Å². The molecule has 1 amide bonds. The molecule has 1 N–H and O–H groups in total. The molecular weight excluding hydrogens is 364 g/mol. The van der Waals surface area contributed by atoms with Crippen molar-refractivity contribution in [2.75, 3.05) is 6.54 Å². The van der Waals surface area contributed by atoms with E-state index < -0.39 is 16.1 Å². The van der Waals surface area contributed by atoms with Gasteiger partial charge in [-0.3, -0.25) is 4.79 Å². The second kappa shape index (κ2) is 6.85. The summed E-state index contributed by atoms with van der Waals surface area (Å²) in [7, 11) is -3.83. The summed E-state index contributed by atoms with van der Waals surface area (Å²) in [5.74, 6) is -0.0671. The van der Waals surface area contributed by atoms with Gasteiger partial charge in [-0.2, -0.15) is 4.31 Å². The van der Waals surface area contributed by atoms with E-state index in [2.05, 4.69) is 15.5 Å². The fraction of sp³-hybridized carbons (Fsp3) is 0.533. The Bertz CT molecular complexity index is 868. The number of sulfonamides is 1. The Morgan fingerprint density at radius 2 is 2.20 bits per heavy atom. The summed E-state index contributed by atoms with van der Waals surface area (Å²) >= 11 is 1.46. The summed E-state index contributed by atoms with van der Waals surface area (Å²) in [5.41, 5.74) is 1.21. The minimum Gasteiger partial charge on any atom is -0.360 e. The van der Waals surface area contributed by atoms with E-state index in [0.29, 0.717) is 31.6 Å². The van der Waals surface area contributed by atoms with E-state index in [1.54, 1.807) is 13.8 Å². The molecule has 1 aliphatic heterocycles. The number of thiazole rings is 1. The lowest BCUT2D eigenvalue weighted by molar-refractivity contribution is -0.124. The summed E-state index contributed by atoms with van der Waals surface area (Å²) < 4.78 is 32.2. The maximum atomic E-state index is 13.0. The van der Waals surface area contributed by atoms with E-state index >= 15 is 0 Å². The molecule has 136 valence electrons. The first-order chi connectivity index (χ1) is 11.8. The summed E-state index contributed by atoms with van der Waals surface area (Å²) in [6.07, 6.45) is 1.13. The molecule has 3 rings (SSSR count). The number of rotatable bonds is 5. The van der Waals surface area contributed by atoms with Gasteiger partial charge in [0.15, 0.2) is 5.76 Å². The van der Waals surface area contributed by atoms with Crippen molar-refractivity contribution in [3.8, 4) is 0 Å². The average Bonchev–Trinajstić information content (AvgIpc) is 3.25. The van der Waals surface area contributed by atoms with Gasteiger partial charge in [0, 0.05) is 17.6 Å². The number of nitrogens with zero attached hydrogens (tertiary/aromatic N) is 3. The van der Waals surface area contributed by atoms with Gasteiger partial charge in [-0.15, -0.1) is 11.3 Å². The first-order valence-corrected chi connectivity index (χ1v) is 10.3. The molecule has 1 aliphatic rings. The van der Waals surface area contributed by atoms with Crippen LogP contribution in [0.5, 0.6) is 0 Å². The van der Waals surface area contributed by atoms with Crippen LogP contribution in [0.2, 0.25) is 0 Å². The number of aryl methyl sites for hydroxylation is 3. The topological polar surface area (TPSA) is 105 Å². The number of hydrogen-bond acceptors (Lipinski definition) is 7. The van der Waals surface area contributed by atoms with Crippen molar-refractivity contribution >= 4 is 27.3 Å². The lowest BCUT2D eigenvalue weighted by Gasteiger charge is -2.23. The number of hydrogen-bond donors (Lipinski definition) is 1. The molecule has 0 aliphatic carbocycles. The Morgan fingerprint density at radius 3 is 2.80 bits per heavy atom. The van der Waals surface area contributed by atoms with E-state index in [1.807, 2.05) is 12.3 Å². The molecule has 2 aromatic heterocycles. The Hall–Kier alpha value is -1.78. The minimum absolute atomic E-state index is 0.0581. The normalized spacial score (nSPS) is 18.6. The standard InChI is InChI=1S/C15H20N4O4S2/c1-9-8-24-13(17-9)7-16-15(20)12-5-4-6-19(12)25(21,22)14-10(2)18-23-11(14)3/h8,12H,4-7H2,1-3H3,(H,16,20)/t12-/m0/s1. The number of nitrogens with one attached hydrogen (secondary N) is 1. The highest BCUT2D eigenvalue weighted by Gasteiger charge is 2.41. The number of amides is 1. The Morgan fingerprint density at radius 1 is 1.44 bits per heavy atom. The van der Waals surface area contributed by atoms with E-state index in [9.17, 15) is 13.2 Å². The first kappa shape index (κ1) is 18.0. The third-order valence-corrected chi connectivity index (χ3v) is 7.24. The molecule has 0 bridgehead atoms. The number of aromatic nitrogens is 2. The Labute approximate surface area is 150 Å². The predicted molar refractivity (Wildman–Crippen MR) is 91.6 cm³/mol. The zero-order valence-electron chi connectivity index (χ0n) is 14.3. The smallest absolute Gasteiger partial charge is 0.249 e. The van der Waals surface area contributed by atoms with Gasteiger partial charge in [0.25, 0.3) is 0 Å². The van der Waals surface area contributed by atoms with Gasteiger partial charge in [-0.1, -0.05) is 5.16 Å². The van der Waals surface area contributed by atoms with Crippen LogP contribution in [0, 0.1) is 20.8 Å². The highest BCUT2D eigenvalue weighted by molar-refractivity contribution is 7.89. The third-order valence-electron chi connectivity index (χ3n) is 4.12. The molecule has 0 aromatic carbocycles. The van der Waals surface area contributed by atoms with Gasteiger partial charge in [0.05, 0.1) is 6.54 Å². The van der Waals surface area contributed by atoms with Crippen molar-refractivity contribution in [3.63, 3.8) is 0 Å². The SMILES string of the molecule is Cc1csc(CNC(=O)[C@@H]2CCCN2S(=O)(=O)c2c(C)noc2C)n1. The molecule has 1 atom stereocenters. The molecule has 1 saturated heterocycles. The molecule has 0 spiro atoms. The zero-order chi connectivity index (χ0) is 18.2. The number of carbonyl (C=O) groups is 1. The van der Waals surface area contributed by atoms with Crippen LogP contribution in [0.4, 0.5) is 0 Å². The summed E-state index contributed by atoms with van der Waals surface area (Å²) in [6.45, 7) is 5.63. The minimum atomic E-state index is -3.83. The van der Waals surface area contributed by atoms with Gasteiger partial charge in [0.2, 0.25) is 15.9 Å². The van der Waals surface area contributed by atoms with Crippen LogP contribution in [0.15, 0.2) is 14.8 Å². The number of carbonyl (C=O) groups excluding carboxylic acids is 1. The van der Waals surface area contributed by atoms with Crippen molar-refractivity contribution in [1.29, 1.82) is 0 Å². The van der Waals surface area contributed by atoms with Crippen LogP contribution in [-0.2, 0) is 21.4 Å². The average molecular weight is 384 g/mol. The zero-order valence-corrected chi connectivity index (χ0v) is 15.9. The van der Waals surface area contributed by atoms with Crippen LogP contribution >= 0.6 is 11.3 Å². The lowest BCUT2D eigenvalue weighted by atomic mass is 10.2. The van der Waals surface area contributed by atoms with Gasteiger partial charge in [-0.05, 0) is 33.6 Å². The fourth-order valence-electron chi connectivity index (χ4n) is 3.01. The molecule has 2 aromatic rings. The second-order valence-electron chi connectivity index (χ2n) is 6.03. The van der Waals surface area contributed by atoms with Crippen LogP contribution in [-0.4, -0.2) is 41.4 Å². The summed E-state index contributed by atoms with van der Waals surface area (Å²) in [5, 5.41) is 9.21. The highest BCUT2D eigenvalue weighted by atomic mass is 32.2. The first-order valence-electron chi connectivity index (χ1n) is 7.94. The quantitative estimate of drug-likeness (QED) is 0.838. The van der Waals surface area contributed by atoms with E-state index in [1.165, 1.54) is 15.6 Å². The van der Waals surface area contributed by atoms with Gasteiger partial charge >= 0.3 is 0 Å². The molecule has 1 fully saturated rings. The molecular formula is C15H20N4O4S2. The van der Waals surface area contributed by atoms with Gasteiger partial charge in [-0.25, -0.2) is 13.4 Å². The monoisotopic (exact) mass is 384 g/mol. The van der Waals surface area contributed by atoms with Crippen molar-refractivity contribution in [2.45, 2.75) is 51.1 Å². The van der Waals surface area contributed by atoms with Crippen molar-refractivity contribution < 1.29 is 17.7 Å². The Balaban J connectivity index is 1.76. The molecule has 0 radical (unpaired) electrons. The van der Waals surface area contributed by atoms with Gasteiger partial charge in [0.1, 0.15) is 21.6 Å².